The normalized spacial score (nSPS) is 41.1. The number of alkyl halides is 3. The van der Waals surface area contributed by atoms with Crippen molar-refractivity contribution in [3.8, 4) is 0 Å². The van der Waals surface area contributed by atoms with Crippen molar-refractivity contribution in [3.63, 3.8) is 0 Å². The lowest BCUT2D eigenvalue weighted by atomic mass is 9.49. The highest BCUT2D eigenvalue weighted by atomic mass is 32.2. The first-order valence-corrected chi connectivity index (χ1v) is 11.0. The molecule has 4 aliphatic rings. The second kappa shape index (κ2) is 5.88. The first-order chi connectivity index (χ1) is 12.5. The average molecular weight is 402 g/mol. The summed E-state index contributed by atoms with van der Waals surface area (Å²) in [5.74, 6) is 0.935. The molecular weight excluding hydrogens is 377 g/mol. The van der Waals surface area contributed by atoms with E-state index in [0.29, 0.717) is 24.7 Å². The van der Waals surface area contributed by atoms with Crippen LogP contribution in [0.5, 0.6) is 0 Å². The standard InChI is InChI=1S/C20H25F3O3S/c1-18-11-4-3-5-13(18)6-7-14-15-8-9-17(19(15,2)12-10-16(14)18)26-27(24,25)20(21,22)23/h3,5-6,9,14-16H,4,7-8,10-12H2,1-2H3/t14-,15-,16-,18-,19-/m1/s1. The first-order valence-electron chi connectivity index (χ1n) is 9.58. The molecule has 5 atom stereocenters. The number of allylic oxidation sites excluding steroid dienone is 6. The highest BCUT2D eigenvalue weighted by Crippen LogP contribution is 2.64. The van der Waals surface area contributed by atoms with Crippen molar-refractivity contribution in [3.05, 3.63) is 35.6 Å². The molecule has 0 bridgehead atoms. The van der Waals surface area contributed by atoms with Crippen LogP contribution in [0, 0.1) is 28.6 Å². The van der Waals surface area contributed by atoms with E-state index in [4.69, 9.17) is 0 Å². The van der Waals surface area contributed by atoms with Gasteiger partial charge in [-0.15, -0.1) is 0 Å². The molecule has 0 unspecified atom stereocenters. The molecule has 4 aliphatic carbocycles. The van der Waals surface area contributed by atoms with E-state index in [-0.39, 0.29) is 17.1 Å². The number of rotatable bonds is 2. The van der Waals surface area contributed by atoms with Gasteiger partial charge in [-0.05, 0) is 73.3 Å². The van der Waals surface area contributed by atoms with Gasteiger partial charge in [-0.3, -0.25) is 0 Å². The summed E-state index contributed by atoms with van der Waals surface area (Å²) in [4.78, 5) is 0. The zero-order chi connectivity index (χ0) is 19.7. The molecule has 0 aromatic rings. The Labute approximate surface area is 158 Å². The molecule has 0 spiro atoms. The zero-order valence-corrected chi connectivity index (χ0v) is 16.4. The fraction of sp³-hybridized carbons (Fsp3) is 0.700. The molecule has 0 saturated heterocycles. The average Bonchev–Trinajstić information content (AvgIpc) is 2.89. The molecule has 150 valence electrons. The van der Waals surface area contributed by atoms with Gasteiger partial charge in [0.1, 0.15) is 5.76 Å². The third-order valence-electron chi connectivity index (χ3n) is 7.65. The Kier molecular flexibility index (Phi) is 4.16. The predicted molar refractivity (Wildman–Crippen MR) is 95.8 cm³/mol. The number of hydrogen-bond acceptors (Lipinski definition) is 3. The third kappa shape index (κ3) is 2.71. The van der Waals surface area contributed by atoms with Crippen molar-refractivity contribution in [1.82, 2.24) is 0 Å². The van der Waals surface area contributed by atoms with Crippen molar-refractivity contribution in [2.24, 2.45) is 28.6 Å². The van der Waals surface area contributed by atoms with Crippen LogP contribution < -0.4 is 0 Å². The highest BCUT2D eigenvalue weighted by molar-refractivity contribution is 7.87. The van der Waals surface area contributed by atoms with E-state index in [1.54, 1.807) is 6.08 Å². The maximum atomic E-state index is 12.8. The fourth-order valence-electron chi connectivity index (χ4n) is 6.12. The second-order valence-corrected chi connectivity index (χ2v) is 10.4. The van der Waals surface area contributed by atoms with Gasteiger partial charge in [0.05, 0.1) is 0 Å². The minimum atomic E-state index is -5.62. The van der Waals surface area contributed by atoms with Gasteiger partial charge >= 0.3 is 15.6 Å². The Morgan fingerprint density at radius 2 is 1.81 bits per heavy atom. The van der Waals surface area contributed by atoms with E-state index in [9.17, 15) is 21.6 Å². The van der Waals surface area contributed by atoms with Crippen LogP contribution in [0.3, 0.4) is 0 Å². The van der Waals surface area contributed by atoms with Crippen LogP contribution >= 0.6 is 0 Å². The van der Waals surface area contributed by atoms with Gasteiger partial charge < -0.3 is 4.18 Å². The SMILES string of the molecule is C[C@@]12CC[C@@H]3[C@H](CC=C4C=CCC[C@]43C)[C@H]1CC=C2OS(=O)(=O)C(F)(F)F. The number of fused-ring (bicyclic) bond motifs is 5. The third-order valence-corrected chi connectivity index (χ3v) is 8.61. The molecular formula is C20H25F3O3S. The van der Waals surface area contributed by atoms with Gasteiger partial charge in [0.2, 0.25) is 0 Å². The van der Waals surface area contributed by atoms with Gasteiger partial charge in [-0.25, -0.2) is 0 Å². The summed E-state index contributed by atoms with van der Waals surface area (Å²) in [5.41, 5.74) is -4.54. The number of hydrogen-bond donors (Lipinski definition) is 0. The maximum Gasteiger partial charge on any atom is 0.534 e. The lowest BCUT2D eigenvalue weighted by Gasteiger charge is -2.56. The summed E-state index contributed by atoms with van der Waals surface area (Å²) in [6.45, 7) is 4.19. The minimum absolute atomic E-state index is 0.00764. The summed E-state index contributed by atoms with van der Waals surface area (Å²) in [7, 11) is -5.62. The molecule has 7 heteroatoms. The summed E-state index contributed by atoms with van der Waals surface area (Å²) < 4.78 is 66.1. The van der Waals surface area contributed by atoms with Crippen molar-refractivity contribution in [1.29, 1.82) is 0 Å². The van der Waals surface area contributed by atoms with Crippen LogP contribution in [0.25, 0.3) is 0 Å². The predicted octanol–water partition coefficient (Wildman–Crippen LogP) is 5.48. The maximum absolute atomic E-state index is 12.8. The van der Waals surface area contributed by atoms with Gasteiger partial charge in [-0.1, -0.05) is 32.1 Å². The molecule has 0 aliphatic heterocycles. The number of halogens is 3. The lowest BCUT2D eigenvalue weighted by molar-refractivity contribution is -0.0566. The minimum Gasteiger partial charge on any atom is -0.380 e. The molecule has 27 heavy (non-hydrogen) atoms. The van der Waals surface area contributed by atoms with E-state index in [1.165, 1.54) is 5.57 Å². The molecule has 1 saturated carbocycles. The van der Waals surface area contributed by atoms with Gasteiger partial charge in [-0.2, -0.15) is 21.6 Å². The molecule has 0 heterocycles. The van der Waals surface area contributed by atoms with E-state index < -0.39 is 21.0 Å². The largest absolute Gasteiger partial charge is 0.534 e. The van der Waals surface area contributed by atoms with Crippen LogP contribution in [-0.2, 0) is 14.3 Å². The summed E-state index contributed by atoms with van der Waals surface area (Å²) >= 11 is 0. The van der Waals surface area contributed by atoms with Crippen LogP contribution in [0.1, 0.15) is 52.4 Å². The molecule has 4 rings (SSSR count). The van der Waals surface area contributed by atoms with E-state index in [0.717, 1.165) is 25.7 Å². The van der Waals surface area contributed by atoms with Crippen molar-refractivity contribution >= 4 is 10.1 Å². The van der Waals surface area contributed by atoms with Crippen LogP contribution in [0.2, 0.25) is 0 Å². The molecule has 0 amide bonds. The van der Waals surface area contributed by atoms with Crippen molar-refractivity contribution < 1.29 is 25.8 Å². The van der Waals surface area contributed by atoms with Crippen molar-refractivity contribution in [2.45, 2.75) is 57.9 Å². The van der Waals surface area contributed by atoms with Gasteiger partial charge in [0.25, 0.3) is 0 Å². The van der Waals surface area contributed by atoms with Gasteiger partial charge in [0.15, 0.2) is 0 Å². The summed E-state index contributed by atoms with van der Waals surface area (Å²) in [6, 6.07) is 0. The van der Waals surface area contributed by atoms with Crippen LogP contribution in [0.15, 0.2) is 35.6 Å². The fourth-order valence-corrected chi connectivity index (χ4v) is 6.71. The highest BCUT2D eigenvalue weighted by Gasteiger charge is 2.58. The Bertz CT molecular complexity index is 839. The lowest BCUT2D eigenvalue weighted by Crippen LogP contribution is -2.48. The van der Waals surface area contributed by atoms with E-state index in [2.05, 4.69) is 29.3 Å². The Hall–Kier alpha value is -1.24. The second-order valence-electron chi connectivity index (χ2n) is 8.87. The molecule has 0 radical (unpaired) electrons. The van der Waals surface area contributed by atoms with Gasteiger partial charge in [0, 0.05) is 5.41 Å². The molecule has 0 N–H and O–H groups in total. The Balaban J connectivity index is 1.62. The Morgan fingerprint density at radius 3 is 2.52 bits per heavy atom. The molecule has 0 aromatic carbocycles. The van der Waals surface area contributed by atoms with E-state index in [1.807, 2.05) is 6.92 Å². The van der Waals surface area contributed by atoms with Crippen molar-refractivity contribution in [2.75, 3.05) is 0 Å². The molecule has 0 aromatic heterocycles. The topological polar surface area (TPSA) is 43.4 Å². The monoisotopic (exact) mass is 402 g/mol. The summed E-state index contributed by atoms with van der Waals surface area (Å²) in [6.07, 6.45) is 13.5. The van der Waals surface area contributed by atoms with Crippen LogP contribution in [0.4, 0.5) is 13.2 Å². The summed E-state index contributed by atoms with van der Waals surface area (Å²) in [5, 5.41) is 0. The van der Waals surface area contributed by atoms with Crippen LogP contribution in [-0.4, -0.2) is 13.9 Å². The molecule has 1 fully saturated rings. The van der Waals surface area contributed by atoms with E-state index >= 15 is 0 Å². The molecule has 3 nitrogen and oxygen atoms in total. The smallest absolute Gasteiger partial charge is 0.380 e. The zero-order valence-electron chi connectivity index (χ0n) is 15.6. The first kappa shape index (κ1) is 19.1. The quantitative estimate of drug-likeness (QED) is 0.454. The Morgan fingerprint density at radius 1 is 1.07 bits per heavy atom.